The van der Waals surface area contributed by atoms with Gasteiger partial charge in [-0.1, -0.05) is 29.3 Å². The molecule has 3 nitrogen and oxygen atoms in total. The number of hydrogen-bond acceptors (Lipinski definition) is 3. The Hall–Kier alpha value is -1.45. The average Bonchev–Trinajstić information content (AvgIpc) is 2.33. The molecule has 0 spiro atoms. The number of ketones is 1. The Bertz CT molecular complexity index is 529. The smallest absolute Gasteiger partial charge is 0.213 e. The van der Waals surface area contributed by atoms with Crippen LogP contribution >= 0.6 is 23.2 Å². The summed E-state index contributed by atoms with van der Waals surface area (Å²) < 4.78 is 0. The van der Waals surface area contributed by atoms with Gasteiger partial charge in [-0.3, -0.25) is 4.79 Å². The first-order valence-electron chi connectivity index (χ1n) is 4.45. The second-order valence-corrected chi connectivity index (χ2v) is 3.81. The summed E-state index contributed by atoms with van der Waals surface area (Å²) in [6.45, 7) is 0. The molecule has 0 atom stereocenters. The highest BCUT2D eigenvalue weighted by Crippen LogP contribution is 2.26. The van der Waals surface area contributed by atoms with Crippen LogP contribution in [0, 0.1) is 0 Å². The van der Waals surface area contributed by atoms with E-state index in [0.717, 1.165) is 0 Å². The van der Waals surface area contributed by atoms with Crippen LogP contribution in [0.1, 0.15) is 16.1 Å². The molecule has 1 heterocycles. The monoisotopic (exact) mass is 252 g/mol. The molecule has 1 aromatic carbocycles. The van der Waals surface area contributed by atoms with Gasteiger partial charge in [-0.15, -0.1) is 0 Å². The van der Waals surface area contributed by atoms with Crippen LogP contribution in [-0.4, -0.2) is 15.8 Å². The van der Waals surface area contributed by atoms with E-state index in [9.17, 15) is 4.79 Å². The summed E-state index contributed by atoms with van der Waals surface area (Å²) in [6, 6.07) is 6.43. The Morgan fingerprint density at radius 2 is 2.00 bits per heavy atom. The highest BCUT2D eigenvalue weighted by atomic mass is 35.5. The summed E-state index contributed by atoms with van der Waals surface area (Å²) in [5, 5.41) is 0.592. The Morgan fingerprint density at radius 1 is 1.19 bits per heavy atom. The Kier molecular flexibility index (Phi) is 3.17. The number of halogens is 2. The van der Waals surface area contributed by atoms with Gasteiger partial charge < -0.3 is 0 Å². The lowest BCUT2D eigenvalue weighted by atomic mass is 10.1. The second kappa shape index (κ2) is 4.60. The third-order valence-electron chi connectivity index (χ3n) is 2.01. The second-order valence-electron chi connectivity index (χ2n) is 3.03. The molecule has 0 saturated heterocycles. The summed E-state index contributed by atoms with van der Waals surface area (Å²) in [4.78, 5) is 19.6. The van der Waals surface area contributed by atoms with Gasteiger partial charge in [-0.2, -0.15) is 0 Å². The van der Waals surface area contributed by atoms with Crippen molar-refractivity contribution in [1.82, 2.24) is 9.97 Å². The third-order valence-corrected chi connectivity index (χ3v) is 2.83. The van der Waals surface area contributed by atoms with Gasteiger partial charge in [0.05, 0.1) is 10.0 Å². The number of carbonyl (C=O) groups excluding carboxylic acids is 1. The van der Waals surface area contributed by atoms with Crippen molar-refractivity contribution in [2.24, 2.45) is 0 Å². The summed E-state index contributed by atoms with van der Waals surface area (Å²) in [7, 11) is 0. The molecule has 0 saturated carbocycles. The fourth-order valence-electron chi connectivity index (χ4n) is 1.24. The van der Waals surface area contributed by atoms with Crippen LogP contribution in [0.2, 0.25) is 10.0 Å². The van der Waals surface area contributed by atoms with E-state index in [1.807, 2.05) is 0 Å². The van der Waals surface area contributed by atoms with Crippen molar-refractivity contribution in [3.8, 4) is 0 Å². The van der Waals surface area contributed by atoms with Crippen LogP contribution in [0.5, 0.6) is 0 Å². The minimum Gasteiger partial charge on any atom is -0.287 e. The van der Waals surface area contributed by atoms with Gasteiger partial charge in [0.25, 0.3) is 0 Å². The normalized spacial score (nSPS) is 10.1. The summed E-state index contributed by atoms with van der Waals surface area (Å²) in [5.41, 5.74) is 0.632. The first-order chi connectivity index (χ1) is 7.70. The molecule has 0 bridgehead atoms. The highest BCUT2D eigenvalue weighted by Gasteiger charge is 2.15. The standard InChI is InChI=1S/C11H6Cl2N2O/c12-8-3-1-2-7(10(8)13)11(16)9-4-5-14-6-15-9/h1-6H. The Morgan fingerprint density at radius 3 is 2.69 bits per heavy atom. The fraction of sp³-hybridized carbons (Fsp3) is 0. The number of nitrogens with zero attached hydrogens (tertiary/aromatic N) is 2. The molecular weight excluding hydrogens is 247 g/mol. The van der Waals surface area contributed by atoms with Gasteiger partial charge in [0.2, 0.25) is 5.78 Å². The zero-order chi connectivity index (χ0) is 11.5. The lowest BCUT2D eigenvalue weighted by Gasteiger charge is -2.03. The van der Waals surface area contributed by atoms with Crippen LogP contribution in [0.4, 0.5) is 0 Å². The van der Waals surface area contributed by atoms with Gasteiger partial charge in [0, 0.05) is 11.8 Å². The molecule has 0 unspecified atom stereocenters. The molecule has 0 fully saturated rings. The SMILES string of the molecule is O=C(c1ccncn1)c1cccc(Cl)c1Cl. The Balaban J connectivity index is 2.46. The summed E-state index contributed by atoms with van der Waals surface area (Å²) in [5.74, 6) is -0.269. The largest absolute Gasteiger partial charge is 0.287 e. The molecule has 0 amide bonds. The molecule has 0 N–H and O–H groups in total. The van der Waals surface area contributed by atoms with E-state index < -0.39 is 0 Å². The van der Waals surface area contributed by atoms with Crippen molar-refractivity contribution in [2.45, 2.75) is 0 Å². The van der Waals surface area contributed by atoms with E-state index in [1.165, 1.54) is 18.6 Å². The van der Waals surface area contributed by atoms with Crippen molar-refractivity contribution >= 4 is 29.0 Å². The van der Waals surface area contributed by atoms with Crippen LogP contribution in [0.3, 0.4) is 0 Å². The molecule has 5 heteroatoms. The molecule has 0 radical (unpaired) electrons. The molecule has 2 aromatic rings. The van der Waals surface area contributed by atoms with Crippen LogP contribution in [-0.2, 0) is 0 Å². The number of rotatable bonds is 2. The number of carbonyl (C=O) groups is 1. The van der Waals surface area contributed by atoms with Crippen molar-refractivity contribution in [3.63, 3.8) is 0 Å². The van der Waals surface area contributed by atoms with E-state index in [1.54, 1.807) is 18.2 Å². The van der Waals surface area contributed by atoms with Gasteiger partial charge in [0.15, 0.2) is 0 Å². The van der Waals surface area contributed by atoms with Gasteiger partial charge in [-0.05, 0) is 18.2 Å². The molecule has 1 aromatic heterocycles. The molecule has 0 aliphatic carbocycles. The molecule has 0 aliphatic rings. The predicted molar refractivity (Wildman–Crippen MR) is 61.9 cm³/mol. The van der Waals surface area contributed by atoms with Crippen LogP contribution in [0.25, 0.3) is 0 Å². The topological polar surface area (TPSA) is 42.9 Å². The van der Waals surface area contributed by atoms with Crippen LogP contribution in [0.15, 0.2) is 36.8 Å². The fourth-order valence-corrected chi connectivity index (χ4v) is 1.63. The molecule has 0 aliphatic heterocycles. The summed E-state index contributed by atoms with van der Waals surface area (Å²) >= 11 is 11.8. The minimum absolute atomic E-state index is 0.243. The first kappa shape index (κ1) is 11.0. The van der Waals surface area contributed by atoms with Crippen molar-refractivity contribution < 1.29 is 4.79 Å². The number of aromatic nitrogens is 2. The molecule has 80 valence electrons. The first-order valence-corrected chi connectivity index (χ1v) is 5.20. The predicted octanol–water partition coefficient (Wildman–Crippen LogP) is 3.01. The zero-order valence-electron chi connectivity index (χ0n) is 8.02. The maximum absolute atomic E-state index is 12.0. The van der Waals surface area contributed by atoms with E-state index in [-0.39, 0.29) is 10.8 Å². The molecule has 16 heavy (non-hydrogen) atoms. The lowest BCUT2D eigenvalue weighted by Crippen LogP contribution is -2.04. The van der Waals surface area contributed by atoms with Crippen molar-refractivity contribution in [3.05, 3.63) is 58.1 Å². The highest BCUT2D eigenvalue weighted by molar-refractivity contribution is 6.44. The average molecular weight is 253 g/mol. The minimum atomic E-state index is -0.269. The van der Waals surface area contributed by atoms with E-state index in [4.69, 9.17) is 23.2 Å². The maximum atomic E-state index is 12.0. The van der Waals surface area contributed by atoms with Crippen LogP contribution < -0.4 is 0 Å². The van der Waals surface area contributed by atoms with E-state index in [0.29, 0.717) is 16.3 Å². The molecular formula is C11H6Cl2N2O. The van der Waals surface area contributed by atoms with E-state index >= 15 is 0 Å². The quantitative estimate of drug-likeness (QED) is 0.772. The van der Waals surface area contributed by atoms with Gasteiger partial charge in [0.1, 0.15) is 12.0 Å². The summed E-state index contributed by atoms with van der Waals surface area (Å²) in [6.07, 6.45) is 2.81. The number of hydrogen-bond donors (Lipinski definition) is 0. The van der Waals surface area contributed by atoms with E-state index in [2.05, 4.69) is 9.97 Å². The lowest BCUT2D eigenvalue weighted by molar-refractivity contribution is 0.103. The van der Waals surface area contributed by atoms with Gasteiger partial charge >= 0.3 is 0 Å². The van der Waals surface area contributed by atoms with Gasteiger partial charge in [-0.25, -0.2) is 9.97 Å². The molecule has 2 rings (SSSR count). The maximum Gasteiger partial charge on any atom is 0.213 e. The number of benzene rings is 1. The third kappa shape index (κ3) is 2.05. The Labute approximate surface area is 102 Å². The van der Waals surface area contributed by atoms with Crippen molar-refractivity contribution in [2.75, 3.05) is 0 Å². The zero-order valence-corrected chi connectivity index (χ0v) is 9.53. The van der Waals surface area contributed by atoms with Crippen molar-refractivity contribution in [1.29, 1.82) is 0 Å².